The van der Waals surface area contributed by atoms with E-state index >= 15 is 0 Å². The predicted molar refractivity (Wildman–Crippen MR) is 87.7 cm³/mol. The maximum atomic E-state index is 12.7. The minimum Gasteiger partial charge on any atom is -0.313 e. The Morgan fingerprint density at radius 3 is 2.52 bits per heavy atom. The summed E-state index contributed by atoms with van der Waals surface area (Å²) in [6.07, 6.45) is 1.07. The van der Waals surface area contributed by atoms with Crippen LogP contribution in [0.25, 0.3) is 0 Å². The molecule has 120 valence electrons. The summed E-state index contributed by atoms with van der Waals surface area (Å²) in [4.78, 5) is 0.390. The number of benzene rings is 1. The second-order valence-electron chi connectivity index (χ2n) is 5.67. The molecule has 1 aromatic carbocycles. The van der Waals surface area contributed by atoms with Crippen molar-refractivity contribution < 1.29 is 8.42 Å². The van der Waals surface area contributed by atoms with Crippen molar-refractivity contribution in [3.8, 4) is 0 Å². The Hall–Kier alpha value is -0.910. The second kappa shape index (κ2) is 8.51. The van der Waals surface area contributed by atoms with Crippen LogP contribution >= 0.6 is 0 Å². The van der Waals surface area contributed by atoms with Gasteiger partial charge in [0, 0.05) is 19.6 Å². The van der Waals surface area contributed by atoms with Gasteiger partial charge in [-0.3, -0.25) is 0 Å². The molecule has 0 aliphatic heterocycles. The van der Waals surface area contributed by atoms with Gasteiger partial charge in [0.05, 0.1) is 4.90 Å². The predicted octanol–water partition coefficient (Wildman–Crippen LogP) is 2.85. The molecule has 1 rings (SSSR count). The maximum Gasteiger partial charge on any atom is 0.243 e. The Balaban J connectivity index is 2.94. The number of hydrogen-bond donors (Lipinski definition) is 1. The number of nitrogens with zero attached hydrogens (tertiary/aromatic N) is 1. The molecule has 0 aromatic heterocycles. The van der Waals surface area contributed by atoms with E-state index in [0.717, 1.165) is 18.5 Å². The lowest BCUT2D eigenvalue weighted by molar-refractivity contribution is 0.381. The fourth-order valence-corrected chi connectivity index (χ4v) is 3.86. The zero-order chi connectivity index (χ0) is 15.9. The molecular weight excluding hydrogens is 284 g/mol. The van der Waals surface area contributed by atoms with E-state index in [9.17, 15) is 8.42 Å². The SMILES string of the molecule is CCCNCc1cccc(S(=O)(=O)N(CC)CC(C)C)c1. The largest absolute Gasteiger partial charge is 0.313 e. The van der Waals surface area contributed by atoms with Crippen LogP contribution in [0.3, 0.4) is 0 Å². The first-order valence-corrected chi connectivity index (χ1v) is 9.15. The quantitative estimate of drug-likeness (QED) is 0.713. The first kappa shape index (κ1) is 18.1. The van der Waals surface area contributed by atoms with Crippen LogP contribution in [-0.4, -0.2) is 32.4 Å². The van der Waals surface area contributed by atoms with E-state index in [1.54, 1.807) is 16.4 Å². The summed E-state index contributed by atoms with van der Waals surface area (Å²) in [5, 5.41) is 3.30. The summed E-state index contributed by atoms with van der Waals surface area (Å²) in [6.45, 7) is 10.7. The lowest BCUT2D eigenvalue weighted by atomic mass is 10.2. The molecule has 0 heterocycles. The van der Waals surface area contributed by atoms with Gasteiger partial charge in [0.2, 0.25) is 10.0 Å². The number of hydrogen-bond acceptors (Lipinski definition) is 3. The van der Waals surface area contributed by atoms with E-state index in [1.807, 2.05) is 32.9 Å². The van der Waals surface area contributed by atoms with Crippen LogP contribution in [0.2, 0.25) is 0 Å². The minimum absolute atomic E-state index is 0.314. The second-order valence-corrected chi connectivity index (χ2v) is 7.61. The van der Waals surface area contributed by atoms with E-state index in [0.29, 0.717) is 30.4 Å². The first-order valence-electron chi connectivity index (χ1n) is 7.71. The van der Waals surface area contributed by atoms with Crippen LogP contribution in [0.4, 0.5) is 0 Å². The molecule has 4 nitrogen and oxygen atoms in total. The Morgan fingerprint density at radius 1 is 1.24 bits per heavy atom. The monoisotopic (exact) mass is 312 g/mol. The van der Waals surface area contributed by atoms with Crippen molar-refractivity contribution in [3.63, 3.8) is 0 Å². The summed E-state index contributed by atoms with van der Waals surface area (Å²) < 4.78 is 26.9. The van der Waals surface area contributed by atoms with Crippen molar-refractivity contribution in [1.82, 2.24) is 9.62 Å². The molecule has 0 unspecified atom stereocenters. The van der Waals surface area contributed by atoms with E-state index < -0.39 is 10.0 Å². The van der Waals surface area contributed by atoms with Crippen molar-refractivity contribution in [1.29, 1.82) is 0 Å². The standard InChI is InChI=1S/C16H28N2O2S/c1-5-10-17-12-15-8-7-9-16(11-15)21(19,20)18(6-2)13-14(3)4/h7-9,11,14,17H,5-6,10,12-13H2,1-4H3. The van der Waals surface area contributed by atoms with Gasteiger partial charge in [0.25, 0.3) is 0 Å². The van der Waals surface area contributed by atoms with Gasteiger partial charge < -0.3 is 5.32 Å². The molecule has 0 aliphatic rings. The van der Waals surface area contributed by atoms with Crippen molar-refractivity contribution in [2.24, 2.45) is 5.92 Å². The summed E-state index contributed by atoms with van der Waals surface area (Å²) in [6, 6.07) is 7.24. The molecule has 0 spiro atoms. The van der Waals surface area contributed by atoms with Crippen LogP contribution < -0.4 is 5.32 Å². The first-order chi connectivity index (χ1) is 9.91. The highest BCUT2D eigenvalue weighted by Crippen LogP contribution is 2.18. The molecule has 0 fully saturated rings. The zero-order valence-electron chi connectivity index (χ0n) is 13.6. The third kappa shape index (κ3) is 5.41. The molecule has 0 bridgehead atoms. The van der Waals surface area contributed by atoms with Crippen LogP contribution in [-0.2, 0) is 16.6 Å². The van der Waals surface area contributed by atoms with E-state index in [-0.39, 0.29) is 0 Å². The highest BCUT2D eigenvalue weighted by atomic mass is 32.2. The van der Waals surface area contributed by atoms with Crippen molar-refractivity contribution in [3.05, 3.63) is 29.8 Å². The highest BCUT2D eigenvalue weighted by Gasteiger charge is 2.23. The molecular formula is C16H28N2O2S. The van der Waals surface area contributed by atoms with Crippen LogP contribution in [0, 0.1) is 5.92 Å². The average molecular weight is 312 g/mol. The van der Waals surface area contributed by atoms with Gasteiger partial charge >= 0.3 is 0 Å². The third-order valence-electron chi connectivity index (χ3n) is 3.21. The summed E-state index contributed by atoms with van der Waals surface area (Å²) in [5.74, 6) is 0.314. The summed E-state index contributed by atoms with van der Waals surface area (Å²) in [7, 11) is -3.39. The minimum atomic E-state index is -3.39. The Morgan fingerprint density at radius 2 is 1.95 bits per heavy atom. The zero-order valence-corrected chi connectivity index (χ0v) is 14.4. The van der Waals surface area contributed by atoms with Gasteiger partial charge in [-0.25, -0.2) is 8.42 Å². The molecule has 0 radical (unpaired) electrons. The highest BCUT2D eigenvalue weighted by molar-refractivity contribution is 7.89. The van der Waals surface area contributed by atoms with Gasteiger partial charge in [-0.1, -0.05) is 39.8 Å². The van der Waals surface area contributed by atoms with Crippen molar-refractivity contribution >= 4 is 10.0 Å². The van der Waals surface area contributed by atoms with Gasteiger partial charge in [-0.2, -0.15) is 4.31 Å². The smallest absolute Gasteiger partial charge is 0.243 e. The molecule has 0 amide bonds. The van der Waals surface area contributed by atoms with Crippen LogP contribution in [0.5, 0.6) is 0 Å². The molecule has 5 heteroatoms. The van der Waals surface area contributed by atoms with Gasteiger partial charge in [-0.15, -0.1) is 0 Å². The molecule has 1 aromatic rings. The van der Waals surface area contributed by atoms with Crippen LogP contribution in [0.15, 0.2) is 29.2 Å². The molecule has 0 saturated carbocycles. The van der Waals surface area contributed by atoms with E-state index in [2.05, 4.69) is 12.2 Å². The molecule has 0 aliphatic carbocycles. The number of sulfonamides is 1. The number of rotatable bonds is 9. The molecule has 0 saturated heterocycles. The van der Waals surface area contributed by atoms with E-state index in [4.69, 9.17) is 0 Å². The van der Waals surface area contributed by atoms with Crippen molar-refractivity contribution in [2.75, 3.05) is 19.6 Å². The Bertz CT molecular complexity index is 527. The lowest BCUT2D eigenvalue weighted by Gasteiger charge is -2.22. The normalized spacial score (nSPS) is 12.3. The average Bonchev–Trinajstić information content (AvgIpc) is 2.45. The third-order valence-corrected chi connectivity index (χ3v) is 5.15. The Labute approximate surface area is 129 Å². The lowest BCUT2D eigenvalue weighted by Crippen LogP contribution is -2.34. The van der Waals surface area contributed by atoms with Crippen LogP contribution in [0.1, 0.15) is 39.7 Å². The molecule has 0 atom stereocenters. The maximum absolute atomic E-state index is 12.7. The summed E-state index contributed by atoms with van der Waals surface area (Å²) >= 11 is 0. The van der Waals surface area contributed by atoms with Crippen molar-refractivity contribution in [2.45, 2.75) is 45.6 Å². The molecule has 21 heavy (non-hydrogen) atoms. The van der Waals surface area contributed by atoms with Gasteiger partial charge in [-0.05, 0) is 36.6 Å². The van der Waals surface area contributed by atoms with E-state index in [1.165, 1.54) is 0 Å². The topological polar surface area (TPSA) is 49.4 Å². The Kier molecular flexibility index (Phi) is 7.35. The fourth-order valence-electron chi connectivity index (χ4n) is 2.18. The van der Waals surface area contributed by atoms with Gasteiger partial charge in [0.15, 0.2) is 0 Å². The number of nitrogens with one attached hydrogen (secondary N) is 1. The fraction of sp³-hybridized carbons (Fsp3) is 0.625. The summed E-state index contributed by atoms with van der Waals surface area (Å²) in [5.41, 5.74) is 1.00. The van der Waals surface area contributed by atoms with Gasteiger partial charge in [0.1, 0.15) is 0 Å². The molecule has 1 N–H and O–H groups in total.